The van der Waals surface area contributed by atoms with Crippen molar-refractivity contribution in [1.82, 2.24) is 0 Å². The normalized spacial score (nSPS) is 10.7. The maximum absolute atomic E-state index is 11.0. The van der Waals surface area contributed by atoms with E-state index in [4.69, 9.17) is 9.84 Å². The lowest BCUT2D eigenvalue weighted by atomic mass is 10.1. The molecule has 1 heterocycles. The van der Waals surface area contributed by atoms with Gasteiger partial charge in [0.1, 0.15) is 17.2 Å². The van der Waals surface area contributed by atoms with Crippen LogP contribution in [0.4, 0.5) is 0 Å². The minimum absolute atomic E-state index is 0.348. The average Bonchev–Trinajstić information content (AvgIpc) is 2.88. The number of carboxylic acid groups (broad SMARTS) is 1. The third kappa shape index (κ3) is 3.06. The quantitative estimate of drug-likeness (QED) is 0.772. The van der Waals surface area contributed by atoms with Crippen molar-refractivity contribution in [2.24, 2.45) is 0 Å². The van der Waals surface area contributed by atoms with Gasteiger partial charge in [-0.1, -0.05) is 29.8 Å². The van der Waals surface area contributed by atoms with Gasteiger partial charge in [-0.05, 0) is 42.1 Å². The smallest absolute Gasteiger partial charge is 0.345 e. The molecule has 0 fully saturated rings. The lowest BCUT2D eigenvalue weighted by molar-refractivity contribution is 0.0702. The van der Waals surface area contributed by atoms with Crippen molar-refractivity contribution < 1.29 is 14.6 Å². The van der Waals surface area contributed by atoms with Gasteiger partial charge in [0.2, 0.25) is 0 Å². The zero-order valence-corrected chi connectivity index (χ0v) is 12.3. The second-order valence-corrected chi connectivity index (χ2v) is 5.98. The Kier molecular flexibility index (Phi) is 3.62. The van der Waals surface area contributed by atoms with Crippen LogP contribution in [0.25, 0.3) is 10.1 Å². The summed E-state index contributed by atoms with van der Waals surface area (Å²) >= 11 is 1.26. The summed E-state index contributed by atoms with van der Waals surface area (Å²) in [5, 5.41) is 9.94. The van der Waals surface area contributed by atoms with Crippen molar-refractivity contribution >= 4 is 27.4 Å². The summed E-state index contributed by atoms with van der Waals surface area (Å²) in [6, 6.07) is 15.5. The molecule has 0 aliphatic heterocycles. The Hall–Kier alpha value is -2.33. The van der Waals surface area contributed by atoms with Crippen molar-refractivity contribution in [2.75, 3.05) is 0 Å². The molecule has 0 unspecified atom stereocenters. The van der Waals surface area contributed by atoms with Crippen molar-refractivity contribution in [3.8, 4) is 5.75 Å². The number of rotatable bonds is 4. The zero-order chi connectivity index (χ0) is 14.8. The van der Waals surface area contributed by atoms with E-state index < -0.39 is 5.97 Å². The van der Waals surface area contributed by atoms with Gasteiger partial charge in [0, 0.05) is 4.70 Å². The summed E-state index contributed by atoms with van der Waals surface area (Å²) in [4.78, 5) is 11.3. The molecular formula is C17H14O3S. The fraction of sp³-hybridized carbons (Fsp3) is 0.118. The molecular weight excluding hydrogens is 284 g/mol. The Labute approximate surface area is 126 Å². The standard InChI is InChI=1S/C17H14O3S/c1-11-3-2-4-12(7-11)10-20-14-6-5-13-8-16(17(18)19)21-15(13)9-14/h2-9H,10H2,1H3,(H,18,19). The second-order valence-electron chi connectivity index (χ2n) is 4.89. The van der Waals surface area contributed by atoms with Gasteiger partial charge in [-0.25, -0.2) is 4.79 Å². The van der Waals surface area contributed by atoms with E-state index in [-0.39, 0.29) is 0 Å². The summed E-state index contributed by atoms with van der Waals surface area (Å²) in [6.07, 6.45) is 0. The number of hydrogen-bond acceptors (Lipinski definition) is 3. The predicted molar refractivity (Wildman–Crippen MR) is 84.3 cm³/mol. The molecule has 0 saturated heterocycles. The lowest BCUT2D eigenvalue weighted by Gasteiger charge is -2.07. The molecule has 1 N–H and O–H groups in total. The molecule has 3 aromatic rings. The third-order valence-electron chi connectivity index (χ3n) is 3.19. The molecule has 0 aliphatic carbocycles. The fourth-order valence-electron chi connectivity index (χ4n) is 2.18. The Bertz CT molecular complexity index is 805. The highest BCUT2D eigenvalue weighted by Gasteiger charge is 2.09. The molecule has 3 nitrogen and oxygen atoms in total. The topological polar surface area (TPSA) is 46.5 Å². The molecule has 0 spiro atoms. The van der Waals surface area contributed by atoms with Gasteiger partial charge in [-0.15, -0.1) is 11.3 Å². The summed E-state index contributed by atoms with van der Waals surface area (Å²) in [5.74, 6) is -0.138. The molecule has 0 radical (unpaired) electrons. The predicted octanol–water partition coefficient (Wildman–Crippen LogP) is 4.49. The number of aryl methyl sites for hydroxylation is 1. The van der Waals surface area contributed by atoms with Crippen LogP contribution in [-0.4, -0.2) is 11.1 Å². The highest BCUT2D eigenvalue weighted by Crippen LogP contribution is 2.29. The van der Waals surface area contributed by atoms with Crippen LogP contribution in [-0.2, 0) is 6.61 Å². The number of fused-ring (bicyclic) bond motifs is 1. The fourth-order valence-corrected chi connectivity index (χ4v) is 3.11. The summed E-state index contributed by atoms with van der Waals surface area (Å²) in [5.41, 5.74) is 2.32. The van der Waals surface area contributed by atoms with Crippen LogP contribution in [0.3, 0.4) is 0 Å². The molecule has 0 amide bonds. The summed E-state index contributed by atoms with van der Waals surface area (Å²) in [6.45, 7) is 2.55. The molecule has 1 aromatic heterocycles. The Balaban J connectivity index is 1.79. The van der Waals surface area contributed by atoms with Crippen molar-refractivity contribution in [3.05, 3.63) is 64.5 Å². The number of ether oxygens (including phenoxy) is 1. The van der Waals surface area contributed by atoms with E-state index in [1.165, 1.54) is 16.9 Å². The molecule has 0 atom stereocenters. The number of carbonyl (C=O) groups is 1. The molecule has 3 rings (SSSR count). The van der Waals surface area contributed by atoms with Crippen molar-refractivity contribution in [1.29, 1.82) is 0 Å². The summed E-state index contributed by atoms with van der Waals surface area (Å²) < 4.78 is 6.71. The minimum Gasteiger partial charge on any atom is -0.489 e. The Morgan fingerprint density at radius 3 is 2.81 bits per heavy atom. The number of carboxylic acids is 1. The van der Waals surface area contributed by atoms with Gasteiger partial charge in [-0.2, -0.15) is 0 Å². The van der Waals surface area contributed by atoms with Gasteiger partial charge >= 0.3 is 5.97 Å². The molecule has 106 valence electrons. The molecule has 21 heavy (non-hydrogen) atoms. The molecule has 2 aromatic carbocycles. The first-order valence-electron chi connectivity index (χ1n) is 6.57. The summed E-state index contributed by atoms with van der Waals surface area (Å²) in [7, 11) is 0. The maximum atomic E-state index is 11.0. The molecule has 0 aliphatic rings. The maximum Gasteiger partial charge on any atom is 0.345 e. The van der Waals surface area contributed by atoms with Gasteiger partial charge in [0.25, 0.3) is 0 Å². The van der Waals surface area contributed by atoms with E-state index in [2.05, 4.69) is 19.1 Å². The highest BCUT2D eigenvalue weighted by atomic mass is 32.1. The minimum atomic E-state index is -0.890. The first-order chi connectivity index (χ1) is 10.1. The van der Waals surface area contributed by atoms with Gasteiger partial charge < -0.3 is 9.84 Å². The van der Waals surface area contributed by atoms with Gasteiger partial charge in [0.15, 0.2) is 0 Å². The van der Waals surface area contributed by atoms with Gasteiger partial charge in [-0.3, -0.25) is 0 Å². The number of thiophene rings is 1. The average molecular weight is 298 g/mol. The number of aromatic carboxylic acids is 1. The first-order valence-corrected chi connectivity index (χ1v) is 7.39. The van der Waals surface area contributed by atoms with E-state index in [9.17, 15) is 4.79 Å². The molecule has 0 bridgehead atoms. The van der Waals surface area contributed by atoms with Crippen LogP contribution in [0, 0.1) is 6.92 Å². The Morgan fingerprint density at radius 1 is 1.19 bits per heavy atom. The van der Waals surface area contributed by atoms with E-state index in [0.717, 1.165) is 21.4 Å². The van der Waals surface area contributed by atoms with Gasteiger partial charge in [0.05, 0.1) is 0 Å². The van der Waals surface area contributed by atoms with Crippen LogP contribution in [0.1, 0.15) is 20.8 Å². The second kappa shape index (κ2) is 5.58. The van der Waals surface area contributed by atoms with E-state index in [1.54, 1.807) is 6.07 Å². The third-order valence-corrected chi connectivity index (χ3v) is 4.28. The number of benzene rings is 2. The van der Waals surface area contributed by atoms with Crippen LogP contribution < -0.4 is 4.74 Å². The largest absolute Gasteiger partial charge is 0.489 e. The van der Waals surface area contributed by atoms with Crippen LogP contribution >= 0.6 is 11.3 Å². The van der Waals surface area contributed by atoms with Crippen molar-refractivity contribution in [2.45, 2.75) is 13.5 Å². The van der Waals surface area contributed by atoms with E-state index in [0.29, 0.717) is 11.5 Å². The number of hydrogen-bond donors (Lipinski definition) is 1. The first kappa shape index (κ1) is 13.6. The van der Waals surface area contributed by atoms with Crippen LogP contribution in [0.2, 0.25) is 0 Å². The van der Waals surface area contributed by atoms with Crippen LogP contribution in [0.5, 0.6) is 5.75 Å². The zero-order valence-electron chi connectivity index (χ0n) is 11.5. The van der Waals surface area contributed by atoms with Crippen molar-refractivity contribution in [3.63, 3.8) is 0 Å². The highest BCUT2D eigenvalue weighted by molar-refractivity contribution is 7.20. The van der Waals surface area contributed by atoms with Crippen LogP contribution in [0.15, 0.2) is 48.5 Å². The lowest BCUT2D eigenvalue weighted by Crippen LogP contribution is -1.95. The SMILES string of the molecule is Cc1cccc(COc2ccc3cc(C(=O)O)sc3c2)c1. The molecule has 4 heteroatoms. The van der Waals surface area contributed by atoms with E-state index in [1.807, 2.05) is 30.3 Å². The Morgan fingerprint density at radius 2 is 2.05 bits per heavy atom. The monoisotopic (exact) mass is 298 g/mol. The molecule has 0 saturated carbocycles. The van der Waals surface area contributed by atoms with E-state index >= 15 is 0 Å².